The van der Waals surface area contributed by atoms with Crippen molar-refractivity contribution >= 4 is 28.5 Å². The summed E-state index contributed by atoms with van der Waals surface area (Å²) < 4.78 is 16.0. The number of ketones is 1. The van der Waals surface area contributed by atoms with Crippen LogP contribution in [-0.2, 0) is 22.7 Å². The highest BCUT2D eigenvalue weighted by atomic mass is 19.1. The summed E-state index contributed by atoms with van der Waals surface area (Å²) in [5.41, 5.74) is 3.54. The molecule has 1 N–H and O–H groups in total. The molecule has 37 heavy (non-hydrogen) atoms. The molecule has 1 aliphatic rings. The maximum absolute atomic E-state index is 14.4. The first-order chi connectivity index (χ1) is 17.9. The van der Waals surface area contributed by atoms with Crippen molar-refractivity contribution < 1.29 is 18.8 Å². The quantitative estimate of drug-likeness (QED) is 0.391. The maximum atomic E-state index is 14.4. The van der Waals surface area contributed by atoms with Crippen LogP contribution in [0.5, 0.6) is 0 Å². The molecule has 0 spiro atoms. The normalized spacial score (nSPS) is 17.2. The van der Waals surface area contributed by atoms with Crippen molar-refractivity contribution in [3.05, 3.63) is 78.5 Å². The monoisotopic (exact) mass is 500 g/mol. The molecule has 188 valence electrons. The number of aromatic nitrogens is 4. The fourth-order valence-electron chi connectivity index (χ4n) is 4.69. The van der Waals surface area contributed by atoms with E-state index in [9.17, 15) is 18.8 Å². The Balaban J connectivity index is 1.37. The molecule has 0 radical (unpaired) electrons. The van der Waals surface area contributed by atoms with Crippen molar-refractivity contribution in [2.24, 2.45) is 0 Å². The summed E-state index contributed by atoms with van der Waals surface area (Å²) in [4.78, 5) is 44.0. The molecule has 1 aromatic carbocycles. The molecule has 1 saturated heterocycles. The molecule has 1 aliphatic heterocycles. The number of nitrogens with one attached hydrogen (secondary N) is 1. The number of pyridine rings is 1. The van der Waals surface area contributed by atoms with Crippen molar-refractivity contribution in [2.75, 3.05) is 6.54 Å². The van der Waals surface area contributed by atoms with Gasteiger partial charge in [0.25, 0.3) is 0 Å². The van der Waals surface area contributed by atoms with Crippen LogP contribution in [0.4, 0.5) is 4.39 Å². The Labute approximate surface area is 212 Å². The van der Waals surface area contributed by atoms with Crippen LogP contribution in [0.25, 0.3) is 22.0 Å². The molecule has 2 amide bonds. The second kappa shape index (κ2) is 10.3. The summed E-state index contributed by atoms with van der Waals surface area (Å²) in [6.07, 6.45) is 5.13. The van der Waals surface area contributed by atoms with Gasteiger partial charge in [-0.05, 0) is 42.8 Å². The van der Waals surface area contributed by atoms with Gasteiger partial charge in [-0.25, -0.2) is 4.39 Å². The van der Waals surface area contributed by atoms with Gasteiger partial charge in [-0.3, -0.25) is 19.4 Å². The molecule has 4 heterocycles. The molecule has 1 fully saturated rings. The molecule has 4 aromatic rings. The Morgan fingerprint density at radius 3 is 2.68 bits per heavy atom. The summed E-state index contributed by atoms with van der Waals surface area (Å²) in [6.45, 7) is 1.38. The lowest BCUT2D eigenvalue weighted by Crippen LogP contribution is -2.46. The first kappa shape index (κ1) is 24.2. The first-order valence-electron chi connectivity index (χ1n) is 11.9. The van der Waals surface area contributed by atoms with Gasteiger partial charge in [0, 0.05) is 40.8 Å². The Morgan fingerprint density at radius 2 is 1.95 bits per heavy atom. The molecule has 0 unspecified atom stereocenters. The number of likely N-dealkylation sites (tertiary alicyclic amines) is 1. The van der Waals surface area contributed by atoms with Gasteiger partial charge in [0.05, 0.1) is 31.2 Å². The van der Waals surface area contributed by atoms with Crippen LogP contribution in [-0.4, -0.2) is 61.0 Å². The van der Waals surface area contributed by atoms with Gasteiger partial charge < -0.3 is 14.8 Å². The van der Waals surface area contributed by atoms with Crippen LogP contribution in [0.15, 0.2) is 67.3 Å². The average Bonchev–Trinajstić information content (AvgIpc) is 3.49. The van der Waals surface area contributed by atoms with Gasteiger partial charge in [0.1, 0.15) is 18.8 Å². The fourth-order valence-corrected chi connectivity index (χ4v) is 4.69. The molecule has 2 atom stereocenters. The maximum Gasteiger partial charge on any atom is 0.243 e. The number of benzene rings is 1. The molecule has 9 nitrogen and oxygen atoms in total. The fraction of sp³-hybridized carbons (Fsp3) is 0.259. The summed E-state index contributed by atoms with van der Waals surface area (Å²) in [7, 11) is 0. The molecular formula is C27H25FN6O3. The van der Waals surface area contributed by atoms with Crippen LogP contribution in [0.1, 0.15) is 29.4 Å². The highest BCUT2D eigenvalue weighted by Crippen LogP contribution is 2.29. The minimum absolute atomic E-state index is 0.0613. The molecule has 0 bridgehead atoms. The lowest BCUT2D eigenvalue weighted by atomic mass is 10.0. The van der Waals surface area contributed by atoms with E-state index in [-0.39, 0.29) is 31.8 Å². The molecule has 5 rings (SSSR count). The van der Waals surface area contributed by atoms with Crippen LogP contribution < -0.4 is 5.32 Å². The third kappa shape index (κ3) is 5.09. The van der Waals surface area contributed by atoms with E-state index in [1.54, 1.807) is 41.5 Å². The Bertz CT molecular complexity index is 1460. The third-order valence-corrected chi connectivity index (χ3v) is 6.53. The first-order valence-corrected chi connectivity index (χ1v) is 11.9. The Hall–Kier alpha value is -4.47. The van der Waals surface area contributed by atoms with Crippen molar-refractivity contribution in [2.45, 2.75) is 38.6 Å². The van der Waals surface area contributed by atoms with Gasteiger partial charge in [-0.2, -0.15) is 10.2 Å². The second-order valence-electron chi connectivity index (χ2n) is 9.02. The predicted octanol–water partition coefficient (Wildman–Crippen LogP) is 2.95. The van der Waals surface area contributed by atoms with Crippen LogP contribution in [0.2, 0.25) is 0 Å². The van der Waals surface area contributed by atoms with E-state index in [1.807, 2.05) is 30.3 Å². The zero-order valence-electron chi connectivity index (χ0n) is 20.2. The van der Waals surface area contributed by atoms with E-state index >= 15 is 0 Å². The van der Waals surface area contributed by atoms with Crippen molar-refractivity contribution in [1.82, 2.24) is 30.0 Å². The van der Waals surface area contributed by atoms with Crippen molar-refractivity contribution in [1.29, 1.82) is 0 Å². The summed E-state index contributed by atoms with van der Waals surface area (Å²) >= 11 is 0. The lowest BCUT2D eigenvalue weighted by Gasteiger charge is -2.24. The molecule has 3 aromatic heterocycles. The van der Waals surface area contributed by atoms with Gasteiger partial charge in [-0.1, -0.05) is 12.1 Å². The van der Waals surface area contributed by atoms with Gasteiger partial charge >= 0.3 is 0 Å². The molecule has 0 aliphatic carbocycles. The zero-order valence-corrected chi connectivity index (χ0v) is 20.2. The SMILES string of the molecule is CC(=O)c1cn(CC(=O)N2C[C@H](F)C[C@H]2C(=O)NCc2ccccn2)c2ccc(-c3ccnnc3)cc12. The second-order valence-corrected chi connectivity index (χ2v) is 9.02. The number of alkyl halides is 1. The van der Waals surface area contributed by atoms with Crippen LogP contribution in [0, 0.1) is 0 Å². The lowest BCUT2D eigenvalue weighted by molar-refractivity contribution is -0.139. The number of halogens is 1. The average molecular weight is 501 g/mol. The van der Waals surface area contributed by atoms with E-state index in [0.717, 1.165) is 11.1 Å². The predicted molar refractivity (Wildman–Crippen MR) is 134 cm³/mol. The van der Waals surface area contributed by atoms with E-state index in [4.69, 9.17) is 0 Å². The molecule has 0 saturated carbocycles. The Morgan fingerprint density at radius 1 is 1.08 bits per heavy atom. The number of carbonyl (C=O) groups is 3. The number of nitrogens with zero attached hydrogens (tertiary/aromatic N) is 5. The number of carbonyl (C=O) groups excluding carboxylic acids is 3. The van der Waals surface area contributed by atoms with Gasteiger partial charge in [-0.15, -0.1) is 0 Å². The van der Waals surface area contributed by atoms with Gasteiger partial charge in [0.2, 0.25) is 11.8 Å². The third-order valence-electron chi connectivity index (χ3n) is 6.53. The van der Waals surface area contributed by atoms with E-state index < -0.39 is 24.0 Å². The smallest absolute Gasteiger partial charge is 0.243 e. The highest BCUT2D eigenvalue weighted by molar-refractivity contribution is 6.08. The number of hydrogen-bond donors (Lipinski definition) is 1. The van der Waals surface area contributed by atoms with Crippen molar-refractivity contribution in [3.63, 3.8) is 0 Å². The highest BCUT2D eigenvalue weighted by Gasteiger charge is 2.39. The van der Waals surface area contributed by atoms with E-state index in [0.29, 0.717) is 22.2 Å². The number of amides is 2. The summed E-state index contributed by atoms with van der Waals surface area (Å²) in [5, 5.41) is 11.2. The number of fused-ring (bicyclic) bond motifs is 1. The molecule has 10 heteroatoms. The van der Waals surface area contributed by atoms with Crippen LogP contribution in [0.3, 0.4) is 0 Å². The summed E-state index contributed by atoms with van der Waals surface area (Å²) in [6, 6.07) is 11.9. The molecular weight excluding hydrogens is 475 g/mol. The topological polar surface area (TPSA) is 110 Å². The minimum Gasteiger partial charge on any atom is -0.349 e. The standard InChI is InChI=1S/C27H25FN6O3/c1-17(35)23-15-33(24-6-5-18(10-22(23)24)19-7-9-31-32-12-19)16-26(36)34-14-20(28)11-25(34)27(37)30-13-21-4-2-3-8-29-21/h2-10,12,15,20,25H,11,13-14,16H2,1H3,(H,30,37)/t20-,25+/m1/s1. The van der Waals surface area contributed by atoms with E-state index in [2.05, 4.69) is 20.5 Å². The van der Waals surface area contributed by atoms with Gasteiger partial charge in [0.15, 0.2) is 5.78 Å². The van der Waals surface area contributed by atoms with E-state index in [1.165, 1.54) is 11.8 Å². The van der Waals surface area contributed by atoms with Crippen LogP contribution >= 0.6 is 0 Å². The minimum atomic E-state index is -1.29. The summed E-state index contributed by atoms with van der Waals surface area (Å²) in [5.74, 6) is -0.956. The number of hydrogen-bond acceptors (Lipinski definition) is 6. The number of rotatable bonds is 7. The Kier molecular flexibility index (Phi) is 6.72. The zero-order chi connectivity index (χ0) is 25.9. The van der Waals surface area contributed by atoms with Crippen molar-refractivity contribution in [3.8, 4) is 11.1 Å². The largest absolute Gasteiger partial charge is 0.349 e. The number of Topliss-reactive ketones (excluding diaryl/α,β-unsaturated/α-hetero) is 1.